The molecule has 1 unspecified atom stereocenters. The van der Waals surface area contributed by atoms with Gasteiger partial charge in [0.25, 0.3) is 0 Å². The van der Waals surface area contributed by atoms with Crippen LogP contribution in [0.15, 0.2) is 11.0 Å². The number of aliphatic carboxylic acids is 1. The second kappa shape index (κ2) is 5.53. The SMILES string of the molecule is CCC(Sc1cc(Cl)nnc1Cl)C(=O)O. The first kappa shape index (κ1) is 12.5. The van der Waals surface area contributed by atoms with Gasteiger partial charge >= 0.3 is 5.97 Å². The topological polar surface area (TPSA) is 63.1 Å². The van der Waals surface area contributed by atoms with Gasteiger partial charge in [-0.05, 0) is 12.5 Å². The minimum atomic E-state index is -0.883. The van der Waals surface area contributed by atoms with Gasteiger partial charge in [0.15, 0.2) is 10.3 Å². The van der Waals surface area contributed by atoms with E-state index in [1.54, 1.807) is 6.92 Å². The van der Waals surface area contributed by atoms with E-state index in [1.807, 2.05) is 0 Å². The van der Waals surface area contributed by atoms with Crippen molar-refractivity contribution in [2.24, 2.45) is 0 Å². The summed E-state index contributed by atoms with van der Waals surface area (Å²) in [5.41, 5.74) is 0. The molecule has 0 saturated heterocycles. The lowest BCUT2D eigenvalue weighted by atomic mass is 10.3. The Labute approximate surface area is 101 Å². The summed E-state index contributed by atoms with van der Waals surface area (Å²) in [6, 6.07) is 1.51. The van der Waals surface area contributed by atoms with Crippen LogP contribution in [0.1, 0.15) is 13.3 Å². The highest BCUT2D eigenvalue weighted by Gasteiger charge is 2.18. The van der Waals surface area contributed by atoms with Gasteiger partial charge in [-0.2, -0.15) is 0 Å². The van der Waals surface area contributed by atoms with E-state index in [2.05, 4.69) is 10.2 Å². The van der Waals surface area contributed by atoms with Crippen LogP contribution in [0.2, 0.25) is 10.3 Å². The third-order valence-corrected chi connectivity index (χ3v) is 3.56. The summed E-state index contributed by atoms with van der Waals surface area (Å²) < 4.78 is 0. The quantitative estimate of drug-likeness (QED) is 0.850. The molecule has 4 nitrogen and oxygen atoms in total. The van der Waals surface area contributed by atoms with E-state index in [0.717, 1.165) is 11.8 Å². The largest absolute Gasteiger partial charge is 0.480 e. The van der Waals surface area contributed by atoms with Gasteiger partial charge < -0.3 is 5.11 Å². The van der Waals surface area contributed by atoms with Gasteiger partial charge in [-0.25, -0.2) is 0 Å². The highest BCUT2D eigenvalue weighted by Crippen LogP contribution is 2.31. The molecule has 0 aliphatic rings. The van der Waals surface area contributed by atoms with Crippen LogP contribution in [0.4, 0.5) is 0 Å². The Kier molecular flexibility index (Phi) is 4.63. The highest BCUT2D eigenvalue weighted by molar-refractivity contribution is 8.00. The number of thioether (sulfide) groups is 1. The molecule has 0 saturated carbocycles. The minimum absolute atomic E-state index is 0.170. The second-order valence-corrected chi connectivity index (χ2v) is 4.66. The molecule has 1 aromatic rings. The van der Waals surface area contributed by atoms with Gasteiger partial charge in [0.1, 0.15) is 5.25 Å². The first-order chi connectivity index (χ1) is 7.04. The van der Waals surface area contributed by atoms with Crippen molar-refractivity contribution in [2.45, 2.75) is 23.5 Å². The zero-order valence-corrected chi connectivity index (χ0v) is 10.1. The van der Waals surface area contributed by atoms with Crippen LogP contribution in [0.3, 0.4) is 0 Å². The fraction of sp³-hybridized carbons (Fsp3) is 0.375. The Bertz CT molecular complexity index is 376. The van der Waals surface area contributed by atoms with E-state index < -0.39 is 11.2 Å². The van der Waals surface area contributed by atoms with E-state index in [1.165, 1.54) is 6.07 Å². The number of carboxylic acids is 1. The summed E-state index contributed by atoms with van der Waals surface area (Å²) in [7, 11) is 0. The van der Waals surface area contributed by atoms with Gasteiger partial charge in [-0.15, -0.1) is 22.0 Å². The molecule has 1 aromatic heterocycles. The molecule has 1 rings (SSSR count). The molecule has 7 heteroatoms. The zero-order chi connectivity index (χ0) is 11.4. The lowest BCUT2D eigenvalue weighted by Gasteiger charge is -2.09. The molecule has 0 fully saturated rings. The standard InChI is InChI=1S/C8H8Cl2N2O2S/c1-2-4(8(13)14)15-5-3-6(9)11-12-7(5)10/h3-4H,2H2,1H3,(H,13,14). The Morgan fingerprint density at radius 2 is 2.27 bits per heavy atom. The summed E-state index contributed by atoms with van der Waals surface area (Å²) in [5, 5.41) is 15.8. The zero-order valence-electron chi connectivity index (χ0n) is 7.78. The predicted molar refractivity (Wildman–Crippen MR) is 59.6 cm³/mol. The molecule has 82 valence electrons. The number of halogens is 2. The van der Waals surface area contributed by atoms with Crippen LogP contribution in [-0.4, -0.2) is 26.5 Å². The average Bonchev–Trinajstić information content (AvgIpc) is 2.18. The maximum Gasteiger partial charge on any atom is 0.316 e. The van der Waals surface area contributed by atoms with Gasteiger partial charge in [-0.1, -0.05) is 30.1 Å². The number of aromatic nitrogens is 2. The fourth-order valence-electron chi connectivity index (χ4n) is 0.882. The van der Waals surface area contributed by atoms with E-state index in [0.29, 0.717) is 11.3 Å². The Hall–Kier alpha value is -0.520. The van der Waals surface area contributed by atoms with Crippen molar-refractivity contribution in [3.8, 4) is 0 Å². The molecular formula is C8H8Cl2N2O2S. The summed E-state index contributed by atoms with van der Waals surface area (Å²) in [5.74, 6) is -0.883. The van der Waals surface area contributed by atoms with E-state index >= 15 is 0 Å². The van der Waals surface area contributed by atoms with Crippen molar-refractivity contribution < 1.29 is 9.90 Å². The van der Waals surface area contributed by atoms with E-state index in [9.17, 15) is 4.79 Å². The van der Waals surface area contributed by atoms with Crippen molar-refractivity contribution in [1.29, 1.82) is 0 Å². The third kappa shape index (κ3) is 3.52. The average molecular weight is 267 g/mol. The number of nitrogens with zero attached hydrogens (tertiary/aromatic N) is 2. The predicted octanol–water partition coefficient (Wildman–Crippen LogP) is 2.74. The molecular weight excluding hydrogens is 259 g/mol. The van der Waals surface area contributed by atoms with Crippen LogP contribution in [0, 0.1) is 0 Å². The van der Waals surface area contributed by atoms with Gasteiger partial charge in [0.2, 0.25) is 0 Å². The van der Waals surface area contributed by atoms with Crippen molar-refractivity contribution in [3.05, 3.63) is 16.4 Å². The number of hydrogen-bond donors (Lipinski definition) is 1. The molecule has 1 N–H and O–H groups in total. The number of rotatable bonds is 4. The number of carbonyl (C=O) groups is 1. The molecule has 0 aromatic carbocycles. The smallest absolute Gasteiger partial charge is 0.316 e. The Balaban J connectivity index is 2.87. The maximum atomic E-state index is 10.8. The van der Waals surface area contributed by atoms with E-state index in [4.69, 9.17) is 28.3 Å². The van der Waals surface area contributed by atoms with Crippen LogP contribution >= 0.6 is 35.0 Å². The van der Waals surface area contributed by atoms with Gasteiger partial charge in [0, 0.05) is 0 Å². The Morgan fingerprint density at radius 3 is 2.80 bits per heavy atom. The van der Waals surface area contributed by atoms with Crippen LogP contribution < -0.4 is 0 Å². The number of hydrogen-bond acceptors (Lipinski definition) is 4. The summed E-state index contributed by atoms with van der Waals surface area (Å²) in [4.78, 5) is 11.3. The molecule has 0 radical (unpaired) electrons. The first-order valence-electron chi connectivity index (χ1n) is 4.12. The van der Waals surface area contributed by atoms with Crippen LogP contribution in [0.25, 0.3) is 0 Å². The molecule has 0 bridgehead atoms. The van der Waals surface area contributed by atoms with Crippen molar-refractivity contribution in [3.63, 3.8) is 0 Å². The summed E-state index contributed by atoms with van der Waals surface area (Å²) in [6.07, 6.45) is 0.496. The minimum Gasteiger partial charge on any atom is -0.480 e. The van der Waals surface area contributed by atoms with Gasteiger partial charge in [-0.3, -0.25) is 4.79 Å². The van der Waals surface area contributed by atoms with Crippen molar-refractivity contribution in [2.75, 3.05) is 0 Å². The normalized spacial score (nSPS) is 12.5. The Morgan fingerprint density at radius 1 is 1.60 bits per heavy atom. The molecule has 0 aliphatic heterocycles. The summed E-state index contributed by atoms with van der Waals surface area (Å²) in [6.45, 7) is 1.79. The van der Waals surface area contributed by atoms with Crippen molar-refractivity contribution in [1.82, 2.24) is 10.2 Å². The van der Waals surface area contributed by atoms with Gasteiger partial charge in [0.05, 0.1) is 4.90 Å². The summed E-state index contributed by atoms with van der Waals surface area (Å²) >= 11 is 12.5. The molecule has 1 heterocycles. The molecule has 1 atom stereocenters. The van der Waals surface area contributed by atoms with E-state index in [-0.39, 0.29) is 10.3 Å². The van der Waals surface area contributed by atoms with Crippen LogP contribution in [-0.2, 0) is 4.79 Å². The monoisotopic (exact) mass is 266 g/mol. The molecule has 0 spiro atoms. The number of carboxylic acid groups (broad SMARTS) is 1. The second-order valence-electron chi connectivity index (χ2n) is 2.68. The third-order valence-electron chi connectivity index (χ3n) is 1.60. The fourth-order valence-corrected chi connectivity index (χ4v) is 2.21. The first-order valence-corrected chi connectivity index (χ1v) is 5.76. The maximum absolute atomic E-state index is 10.8. The molecule has 0 amide bonds. The van der Waals surface area contributed by atoms with Crippen molar-refractivity contribution >= 4 is 40.9 Å². The molecule has 15 heavy (non-hydrogen) atoms. The lowest BCUT2D eigenvalue weighted by molar-refractivity contribution is -0.136. The van der Waals surface area contributed by atoms with Crippen LogP contribution in [0.5, 0.6) is 0 Å². The molecule has 0 aliphatic carbocycles. The highest BCUT2D eigenvalue weighted by atomic mass is 35.5. The lowest BCUT2D eigenvalue weighted by Crippen LogP contribution is -2.14.